The summed E-state index contributed by atoms with van der Waals surface area (Å²) in [4.78, 5) is 2.19. The van der Waals surface area contributed by atoms with Crippen LogP contribution in [0.15, 0.2) is 60.7 Å². The lowest BCUT2D eigenvalue weighted by Gasteiger charge is -2.18. The van der Waals surface area contributed by atoms with Gasteiger partial charge in [0.1, 0.15) is 5.75 Å². The van der Waals surface area contributed by atoms with Gasteiger partial charge in [0.05, 0.1) is 0 Å². The van der Waals surface area contributed by atoms with Crippen LogP contribution >= 0.6 is 8.58 Å². The molecule has 0 bridgehead atoms. The second kappa shape index (κ2) is 7.99. The molecule has 130 valence electrons. The highest BCUT2D eigenvalue weighted by Gasteiger charge is 2.13. The average Bonchev–Trinajstić information content (AvgIpc) is 2.59. The molecule has 2 atom stereocenters. The molecule has 0 aromatic heterocycles. The number of nitrogens with zero attached hydrogens (tertiary/aromatic N) is 1. The number of hydrogen-bond donors (Lipinski definition) is 1. The highest BCUT2D eigenvalue weighted by atomic mass is 31.1. The molecule has 0 saturated heterocycles. The third-order valence-electron chi connectivity index (χ3n) is 4.45. The lowest BCUT2D eigenvalue weighted by Crippen LogP contribution is -2.18. The monoisotopic (exact) mass is 351 g/mol. The number of allylic oxidation sites excluding steroid dienone is 4. The molecule has 2 aromatic rings. The minimum atomic E-state index is 0.397. The van der Waals surface area contributed by atoms with Crippen molar-refractivity contribution in [1.82, 2.24) is 4.90 Å². The molecule has 0 spiro atoms. The first-order valence-electron chi connectivity index (χ1n) is 8.70. The zero-order valence-electron chi connectivity index (χ0n) is 15.2. The Hall–Kier alpha value is -1.89. The first-order valence-corrected chi connectivity index (χ1v) is 9.70. The quantitative estimate of drug-likeness (QED) is 0.824. The number of benzene rings is 2. The topological polar surface area (TPSA) is 23.5 Å². The predicted molar refractivity (Wildman–Crippen MR) is 110 cm³/mol. The minimum absolute atomic E-state index is 0.397. The Morgan fingerprint density at radius 2 is 1.92 bits per heavy atom. The summed E-state index contributed by atoms with van der Waals surface area (Å²) in [5.74, 6) is 0.808. The van der Waals surface area contributed by atoms with E-state index in [1.807, 2.05) is 12.1 Å². The maximum Gasteiger partial charge on any atom is 0.123 e. The normalized spacial score (nSPS) is 17.0. The molecule has 0 saturated carbocycles. The molecule has 2 aromatic carbocycles. The Balaban J connectivity index is 1.90. The van der Waals surface area contributed by atoms with Gasteiger partial charge in [-0.05, 0) is 56.0 Å². The van der Waals surface area contributed by atoms with Crippen molar-refractivity contribution in [2.45, 2.75) is 25.8 Å². The van der Waals surface area contributed by atoms with E-state index in [4.69, 9.17) is 0 Å². The van der Waals surface area contributed by atoms with Crippen LogP contribution in [0.5, 0.6) is 5.75 Å². The Morgan fingerprint density at radius 3 is 2.64 bits per heavy atom. The van der Waals surface area contributed by atoms with E-state index in [0.29, 0.717) is 20.2 Å². The van der Waals surface area contributed by atoms with E-state index in [0.717, 1.165) is 18.3 Å². The molecule has 0 radical (unpaired) electrons. The highest BCUT2D eigenvalue weighted by molar-refractivity contribution is 7.55. The molecule has 1 N–H and O–H groups in total. The lowest BCUT2D eigenvalue weighted by atomic mass is 9.93. The largest absolute Gasteiger partial charge is 0.507 e. The molecule has 3 rings (SSSR count). The van der Waals surface area contributed by atoms with Crippen LogP contribution in [0.4, 0.5) is 0 Å². The zero-order valence-corrected chi connectivity index (χ0v) is 16.2. The number of aryl methyl sites for hydroxylation is 1. The van der Waals surface area contributed by atoms with Gasteiger partial charge in [0.2, 0.25) is 0 Å². The Labute approximate surface area is 152 Å². The molecule has 0 amide bonds. The van der Waals surface area contributed by atoms with E-state index in [-0.39, 0.29) is 0 Å². The van der Waals surface area contributed by atoms with Crippen LogP contribution in [0.25, 0.3) is 0 Å². The van der Waals surface area contributed by atoms with E-state index >= 15 is 0 Å². The Bertz CT molecular complexity index is 808. The summed E-state index contributed by atoms with van der Waals surface area (Å²) in [5.41, 5.74) is 3.90. The fourth-order valence-electron chi connectivity index (χ4n) is 3.17. The van der Waals surface area contributed by atoms with E-state index < -0.39 is 0 Å². The van der Waals surface area contributed by atoms with Crippen molar-refractivity contribution in [3.63, 3.8) is 0 Å². The maximum absolute atomic E-state index is 10.4. The summed E-state index contributed by atoms with van der Waals surface area (Å²) in [7, 11) is 4.65. The van der Waals surface area contributed by atoms with E-state index in [2.05, 4.69) is 74.5 Å². The van der Waals surface area contributed by atoms with Crippen molar-refractivity contribution in [3.05, 3.63) is 77.4 Å². The predicted octanol–water partition coefficient (Wildman–Crippen LogP) is 3.99. The third-order valence-corrected chi connectivity index (χ3v) is 5.87. The SMILES string of the molecule is Cc1ccc(Pc2cc(C3C=CC=CC3)ccc2O)c(CN(C)C)c1. The highest BCUT2D eigenvalue weighted by Crippen LogP contribution is 2.28. The molecule has 0 heterocycles. The van der Waals surface area contributed by atoms with E-state index in [1.54, 1.807) is 0 Å². The average molecular weight is 351 g/mol. The summed E-state index contributed by atoms with van der Waals surface area (Å²) >= 11 is 0. The Morgan fingerprint density at radius 1 is 1.08 bits per heavy atom. The van der Waals surface area contributed by atoms with Crippen LogP contribution in [0, 0.1) is 6.92 Å². The molecule has 2 nitrogen and oxygen atoms in total. The van der Waals surface area contributed by atoms with Gasteiger partial charge in [0, 0.05) is 17.8 Å². The van der Waals surface area contributed by atoms with Crippen LogP contribution in [-0.4, -0.2) is 24.1 Å². The summed E-state index contributed by atoms with van der Waals surface area (Å²) in [6.45, 7) is 3.05. The second-order valence-corrected chi connectivity index (χ2v) is 8.28. The van der Waals surface area contributed by atoms with Crippen LogP contribution < -0.4 is 10.6 Å². The van der Waals surface area contributed by atoms with Crippen molar-refractivity contribution in [2.24, 2.45) is 0 Å². The van der Waals surface area contributed by atoms with Crippen molar-refractivity contribution in [3.8, 4) is 5.75 Å². The van der Waals surface area contributed by atoms with Gasteiger partial charge in [-0.1, -0.05) is 62.7 Å². The summed E-state index contributed by atoms with van der Waals surface area (Å²) in [6.07, 6.45) is 9.68. The summed E-state index contributed by atoms with van der Waals surface area (Å²) in [5, 5.41) is 12.7. The number of aromatic hydroxyl groups is 1. The minimum Gasteiger partial charge on any atom is -0.507 e. The van der Waals surface area contributed by atoms with Crippen molar-refractivity contribution < 1.29 is 5.11 Å². The van der Waals surface area contributed by atoms with Gasteiger partial charge in [0.15, 0.2) is 0 Å². The fraction of sp³-hybridized carbons (Fsp3) is 0.273. The second-order valence-electron chi connectivity index (χ2n) is 6.96. The first kappa shape index (κ1) is 17.9. The molecular weight excluding hydrogens is 325 g/mol. The molecule has 3 heteroatoms. The fourth-order valence-corrected chi connectivity index (χ4v) is 4.39. The van der Waals surface area contributed by atoms with Gasteiger partial charge < -0.3 is 10.0 Å². The van der Waals surface area contributed by atoms with Crippen LogP contribution in [0.3, 0.4) is 0 Å². The van der Waals surface area contributed by atoms with Gasteiger partial charge >= 0.3 is 0 Å². The van der Waals surface area contributed by atoms with Crippen molar-refractivity contribution >= 4 is 19.2 Å². The van der Waals surface area contributed by atoms with Crippen LogP contribution in [0.2, 0.25) is 0 Å². The van der Waals surface area contributed by atoms with Gasteiger partial charge in [-0.3, -0.25) is 0 Å². The van der Waals surface area contributed by atoms with E-state index in [1.165, 1.54) is 22.0 Å². The van der Waals surface area contributed by atoms with Gasteiger partial charge in [-0.2, -0.15) is 0 Å². The number of hydrogen-bond acceptors (Lipinski definition) is 2. The number of rotatable bonds is 5. The Kier molecular flexibility index (Phi) is 5.73. The summed E-state index contributed by atoms with van der Waals surface area (Å²) < 4.78 is 0. The number of phenols is 1. The number of phenolic OH excluding ortho intramolecular Hbond substituents is 1. The molecule has 1 aliphatic rings. The summed E-state index contributed by atoms with van der Waals surface area (Å²) in [6, 6.07) is 12.7. The molecule has 0 aliphatic heterocycles. The third kappa shape index (κ3) is 4.60. The van der Waals surface area contributed by atoms with Crippen molar-refractivity contribution in [2.75, 3.05) is 14.1 Å². The molecule has 0 fully saturated rings. The van der Waals surface area contributed by atoms with Crippen molar-refractivity contribution in [1.29, 1.82) is 0 Å². The van der Waals surface area contributed by atoms with Crippen LogP contribution in [-0.2, 0) is 6.54 Å². The van der Waals surface area contributed by atoms with E-state index in [9.17, 15) is 5.11 Å². The molecule has 2 unspecified atom stereocenters. The zero-order chi connectivity index (χ0) is 17.8. The molecular formula is C22H26NOP. The molecule has 25 heavy (non-hydrogen) atoms. The standard InChI is InChI=1S/C22H26NOP/c1-16-9-12-21(19(13-16)15-23(2)3)25-22-14-18(10-11-20(22)24)17-7-5-4-6-8-17/h4-7,9-14,17,24-25H,8,15H2,1-3H3. The van der Waals surface area contributed by atoms with Gasteiger partial charge in [-0.25, -0.2) is 0 Å². The van der Waals surface area contributed by atoms with Gasteiger partial charge in [-0.15, -0.1) is 0 Å². The smallest absolute Gasteiger partial charge is 0.123 e. The molecule has 1 aliphatic carbocycles. The maximum atomic E-state index is 10.4. The lowest BCUT2D eigenvalue weighted by molar-refractivity contribution is 0.403. The first-order chi connectivity index (χ1) is 12.0. The van der Waals surface area contributed by atoms with Crippen LogP contribution in [0.1, 0.15) is 29.0 Å². The van der Waals surface area contributed by atoms with Gasteiger partial charge in [0.25, 0.3) is 0 Å².